The van der Waals surface area contributed by atoms with Crippen LogP contribution in [-0.2, 0) is 9.53 Å². The zero-order chi connectivity index (χ0) is 19.9. The lowest BCUT2D eigenvalue weighted by Gasteiger charge is -2.07. The molecular weight excluding hydrogens is 356 g/mol. The molecule has 0 saturated carbocycles. The maximum atomic E-state index is 12.1. The monoisotopic (exact) mass is 378 g/mol. The van der Waals surface area contributed by atoms with Gasteiger partial charge in [-0.25, -0.2) is 4.79 Å². The van der Waals surface area contributed by atoms with E-state index in [1.54, 1.807) is 13.0 Å². The summed E-state index contributed by atoms with van der Waals surface area (Å²) in [6.07, 6.45) is 2.39. The summed E-state index contributed by atoms with van der Waals surface area (Å²) in [6, 6.07) is 15.2. The Morgan fingerprint density at radius 3 is 2.50 bits per heavy atom. The molecule has 0 amide bonds. The fourth-order valence-corrected chi connectivity index (χ4v) is 2.48. The Bertz CT molecular complexity index is 943. The van der Waals surface area contributed by atoms with Gasteiger partial charge in [-0.1, -0.05) is 29.8 Å². The number of aryl methyl sites for hydroxylation is 1. The Hall–Kier alpha value is -3.41. The van der Waals surface area contributed by atoms with E-state index in [1.165, 1.54) is 6.08 Å². The van der Waals surface area contributed by atoms with Gasteiger partial charge in [-0.15, -0.1) is 10.2 Å². The van der Waals surface area contributed by atoms with E-state index in [0.717, 1.165) is 22.4 Å². The number of nitrogens with zero attached hydrogens (tertiary/aromatic N) is 2. The van der Waals surface area contributed by atoms with E-state index in [-0.39, 0.29) is 5.89 Å². The summed E-state index contributed by atoms with van der Waals surface area (Å²) < 4.78 is 16.4. The summed E-state index contributed by atoms with van der Waals surface area (Å²) >= 11 is 0. The van der Waals surface area contributed by atoms with Crippen LogP contribution in [0.3, 0.4) is 0 Å². The minimum atomic E-state index is -0.649. The Morgan fingerprint density at radius 1 is 1.11 bits per heavy atom. The third-order valence-corrected chi connectivity index (χ3v) is 3.98. The lowest BCUT2D eigenvalue weighted by atomic mass is 10.1. The van der Waals surface area contributed by atoms with Crippen LogP contribution in [0.25, 0.3) is 17.5 Å². The minimum absolute atomic E-state index is 0.249. The Morgan fingerprint density at radius 2 is 1.82 bits per heavy atom. The highest BCUT2D eigenvalue weighted by Crippen LogP contribution is 2.23. The molecule has 1 aromatic heterocycles. The average molecular weight is 378 g/mol. The van der Waals surface area contributed by atoms with Crippen molar-refractivity contribution in [3.8, 4) is 17.2 Å². The normalized spacial score (nSPS) is 12.1. The summed E-state index contributed by atoms with van der Waals surface area (Å²) in [4.78, 5) is 12.1. The van der Waals surface area contributed by atoms with Crippen LogP contribution in [0.1, 0.15) is 37.0 Å². The highest BCUT2D eigenvalue weighted by Gasteiger charge is 2.18. The summed E-state index contributed by atoms with van der Waals surface area (Å²) in [5.41, 5.74) is 2.83. The quantitative estimate of drug-likeness (QED) is 0.436. The molecule has 0 aliphatic rings. The topological polar surface area (TPSA) is 74.5 Å². The van der Waals surface area contributed by atoms with E-state index in [2.05, 4.69) is 10.2 Å². The molecular formula is C22H22N2O4. The van der Waals surface area contributed by atoms with E-state index in [1.807, 2.05) is 62.4 Å². The van der Waals surface area contributed by atoms with Crippen molar-refractivity contribution < 1.29 is 18.7 Å². The molecule has 0 radical (unpaired) electrons. The average Bonchev–Trinajstić information content (AvgIpc) is 3.19. The SMILES string of the molecule is CCOc1ccc(/C=C/C(=O)O[C@@H](C)c2nnc(-c3ccc(C)cc3)o2)cc1. The molecule has 0 aliphatic carbocycles. The third kappa shape index (κ3) is 5.07. The molecule has 3 aromatic rings. The van der Waals surface area contributed by atoms with Crippen LogP contribution in [-0.4, -0.2) is 22.8 Å². The van der Waals surface area contributed by atoms with Crippen molar-refractivity contribution in [3.05, 3.63) is 71.6 Å². The number of benzene rings is 2. The maximum Gasteiger partial charge on any atom is 0.331 e. The first kappa shape index (κ1) is 19.4. The largest absolute Gasteiger partial charge is 0.494 e. The Balaban J connectivity index is 1.58. The van der Waals surface area contributed by atoms with Crippen LogP contribution >= 0.6 is 0 Å². The molecule has 0 unspecified atom stereocenters. The molecule has 28 heavy (non-hydrogen) atoms. The standard InChI is InChI=1S/C22H22N2O4/c1-4-26-19-12-7-17(8-13-19)9-14-20(25)27-16(3)21-23-24-22(28-21)18-10-5-15(2)6-11-18/h5-14,16H,4H2,1-3H3/b14-9+/t16-/m0/s1. The maximum absolute atomic E-state index is 12.1. The lowest BCUT2D eigenvalue weighted by Crippen LogP contribution is -2.06. The number of aromatic nitrogens is 2. The molecule has 1 atom stereocenters. The van der Waals surface area contributed by atoms with Gasteiger partial charge in [0.1, 0.15) is 5.75 Å². The van der Waals surface area contributed by atoms with Crippen LogP contribution in [0.15, 0.2) is 59.0 Å². The van der Waals surface area contributed by atoms with Crippen LogP contribution in [0.4, 0.5) is 0 Å². The van der Waals surface area contributed by atoms with Crippen molar-refractivity contribution in [2.45, 2.75) is 26.9 Å². The predicted octanol–water partition coefficient (Wildman–Crippen LogP) is 4.76. The van der Waals surface area contributed by atoms with E-state index in [4.69, 9.17) is 13.9 Å². The third-order valence-electron chi connectivity index (χ3n) is 3.98. The molecule has 2 aromatic carbocycles. The van der Waals surface area contributed by atoms with Gasteiger partial charge in [0, 0.05) is 11.6 Å². The number of hydrogen-bond donors (Lipinski definition) is 0. The summed E-state index contributed by atoms with van der Waals surface area (Å²) in [5.74, 6) is 0.939. The number of carbonyl (C=O) groups is 1. The fraction of sp³-hybridized carbons (Fsp3) is 0.227. The van der Waals surface area contributed by atoms with Crippen molar-refractivity contribution in [2.75, 3.05) is 6.61 Å². The highest BCUT2D eigenvalue weighted by molar-refractivity contribution is 5.87. The molecule has 0 bridgehead atoms. The van der Waals surface area contributed by atoms with Gasteiger partial charge >= 0.3 is 5.97 Å². The molecule has 0 saturated heterocycles. The Kier molecular flexibility index (Phi) is 6.22. The van der Waals surface area contributed by atoms with Crippen molar-refractivity contribution in [1.82, 2.24) is 10.2 Å². The van der Waals surface area contributed by atoms with E-state index in [0.29, 0.717) is 12.5 Å². The molecule has 0 fully saturated rings. The lowest BCUT2D eigenvalue weighted by molar-refractivity contribution is -0.143. The molecule has 3 rings (SSSR count). The summed E-state index contributed by atoms with van der Waals surface area (Å²) in [7, 11) is 0. The van der Waals surface area contributed by atoms with Gasteiger partial charge in [0.2, 0.25) is 5.89 Å². The van der Waals surface area contributed by atoms with Crippen molar-refractivity contribution in [3.63, 3.8) is 0 Å². The number of hydrogen-bond acceptors (Lipinski definition) is 6. The first-order chi connectivity index (χ1) is 13.5. The van der Waals surface area contributed by atoms with Gasteiger partial charge < -0.3 is 13.9 Å². The number of esters is 1. The number of ether oxygens (including phenoxy) is 2. The zero-order valence-electron chi connectivity index (χ0n) is 16.1. The summed E-state index contributed by atoms with van der Waals surface area (Å²) in [6.45, 7) is 6.24. The van der Waals surface area contributed by atoms with Crippen LogP contribution < -0.4 is 4.74 Å². The second kappa shape index (κ2) is 8.99. The molecule has 1 heterocycles. The number of carbonyl (C=O) groups excluding carboxylic acids is 1. The van der Waals surface area contributed by atoms with Gasteiger partial charge in [0.15, 0.2) is 6.10 Å². The highest BCUT2D eigenvalue weighted by atomic mass is 16.6. The molecule has 0 spiro atoms. The van der Waals surface area contributed by atoms with Gasteiger partial charge in [-0.05, 0) is 56.7 Å². The first-order valence-electron chi connectivity index (χ1n) is 9.07. The second-order valence-electron chi connectivity index (χ2n) is 6.23. The van der Waals surface area contributed by atoms with Crippen molar-refractivity contribution in [1.29, 1.82) is 0 Å². The van der Waals surface area contributed by atoms with Crippen LogP contribution in [0.2, 0.25) is 0 Å². The fourth-order valence-electron chi connectivity index (χ4n) is 2.48. The second-order valence-corrected chi connectivity index (χ2v) is 6.23. The van der Waals surface area contributed by atoms with E-state index >= 15 is 0 Å². The Labute approximate surface area is 163 Å². The first-order valence-corrected chi connectivity index (χ1v) is 9.07. The van der Waals surface area contributed by atoms with Gasteiger partial charge in [-0.3, -0.25) is 0 Å². The molecule has 144 valence electrons. The van der Waals surface area contributed by atoms with Gasteiger partial charge in [0.05, 0.1) is 6.61 Å². The molecule has 0 N–H and O–H groups in total. The minimum Gasteiger partial charge on any atom is -0.494 e. The zero-order valence-corrected chi connectivity index (χ0v) is 16.1. The van der Waals surface area contributed by atoms with Gasteiger partial charge in [-0.2, -0.15) is 0 Å². The van der Waals surface area contributed by atoms with Crippen molar-refractivity contribution >= 4 is 12.0 Å². The van der Waals surface area contributed by atoms with Gasteiger partial charge in [0.25, 0.3) is 5.89 Å². The van der Waals surface area contributed by atoms with Crippen LogP contribution in [0.5, 0.6) is 5.75 Å². The van der Waals surface area contributed by atoms with E-state index < -0.39 is 12.1 Å². The molecule has 6 nitrogen and oxygen atoms in total. The predicted molar refractivity (Wildman–Crippen MR) is 106 cm³/mol. The molecule has 6 heteroatoms. The van der Waals surface area contributed by atoms with Crippen molar-refractivity contribution in [2.24, 2.45) is 0 Å². The van der Waals surface area contributed by atoms with Crippen LogP contribution in [0, 0.1) is 6.92 Å². The smallest absolute Gasteiger partial charge is 0.331 e. The van der Waals surface area contributed by atoms with E-state index in [9.17, 15) is 4.79 Å². The molecule has 0 aliphatic heterocycles. The number of rotatable bonds is 7. The summed E-state index contributed by atoms with van der Waals surface area (Å²) in [5, 5.41) is 8.01.